The highest BCUT2D eigenvalue weighted by Gasteiger charge is 2.39. The molecule has 3 fully saturated rings. The third-order valence-electron chi connectivity index (χ3n) is 8.49. The Morgan fingerprint density at radius 1 is 1.00 bits per heavy atom. The van der Waals surface area contributed by atoms with Crippen LogP contribution in [-0.4, -0.2) is 79.1 Å². The molecule has 2 atom stereocenters. The number of likely N-dealkylation sites (tertiary alicyclic amines) is 1. The first-order chi connectivity index (χ1) is 19.5. The van der Waals surface area contributed by atoms with Crippen LogP contribution in [0.5, 0.6) is 5.75 Å². The van der Waals surface area contributed by atoms with Crippen LogP contribution in [0.2, 0.25) is 0 Å². The Kier molecular flexibility index (Phi) is 7.47. The minimum atomic E-state index is -0.619. The Morgan fingerprint density at radius 2 is 1.80 bits per heavy atom. The fourth-order valence-corrected chi connectivity index (χ4v) is 6.21. The van der Waals surface area contributed by atoms with Gasteiger partial charge >= 0.3 is 0 Å². The summed E-state index contributed by atoms with van der Waals surface area (Å²) in [4.78, 5) is 43.2. The van der Waals surface area contributed by atoms with Crippen molar-refractivity contribution in [2.45, 2.75) is 50.7 Å². The highest BCUT2D eigenvalue weighted by Crippen LogP contribution is 2.32. The minimum Gasteiger partial charge on any atom is -0.491 e. The molecule has 0 radical (unpaired) electrons. The quantitative estimate of drug-likeness (QED) is 0.536. The Morgan fingerprint density at radius 3 is 2.58 bits per heavy atom. The summed E-state index contributed by atoms with van der Waals surface area (Å²) in [6.45, 7) is 9.62. The van der Waals surface area contributed by atoms with Gasteiger partial charge in [-0.25, -0.2) is 0 Å². The fourth-order valence-electron chi connectivity index (χ4n) is 6.21. The van der Waals surface area contributed by atoms with Gasteiger partial charge in [0.2, 0.25) is 11.8 Å². The molecule has 1 unspecified atom stereocenters. The number of nitrogens with one attached hydrogen (secondary N) is 1. The monoisotopic (exact) mass is 544 g/mol. The maximum atomic E-state index is 13.0. The highest BCUT2D eigenvalue weighted by molar-refractivity contribution is 6.05. The van der Waals surface area contributed by atoms with E-state index < -0.39 is 11.9 Å². The average molecular weight is 545 g/mol. The van der Waals surface area contributed by atoms with Crippen molar-refractivity contribution in [2.24, 2.45) is 0 Å². The number of hydrogen-bond donors (Lipinski definition) is 1. The van der Waals surface area contributed by atoms with Crippen LogP contribution < -0.4 is 15.0 Å². The summed E-state index contributed by atoms with van der Waals surface area (Å²) in [6, 6.07) is 13.8. The normalized spacial score (nSPS) is 23.2. The van der Waals surface area contributed by atoms with Crippen LogP contribution in [-0.2, 0) is 20.9 Å². The van der Waals surface area contributed by atoms with Crippen LogP contribution in [0.15, 0.2) is 49.0 Å². The van der Waals surface area contributed by atoms with Crippen molar-refractivity contribution >= 4 is 29.1 Å². The molecule has 4 heterocycles. The van der Waals surface area contributed by atoms with Crippen molar-refractivity contribution < 1.29 is 23.9 Å². The van der Waals surface area contributed by atoms with Gasteiger partial charge < -0.3 is 24.2 Å². The molecule has 2 aromatic carbocycles. The largest absolute Gasteiger partial charge is 0.491 e. The van der Waals surface area contributed by atoms with Gasteiger partial charge in [0.15, 0.2) is 0 Å². The Bertz CT molecular complexity index is 1300. The van der Waals surface area contributed by atoms with Crippen LogP contribution in [0.1, 0.15) is 53.6 Å². The lowest BCUT2D eigenvalue weighted by Crippen LogP contribution is -2.52. The van der Waals surface area contributed by atoms with E-state index >= 15 is 0 Å². The number of carbonyl (C=O) groups is 3. The number of rotatable bonds is 7. The third kappa shape index (κ3) is 5.30. The molecule has 40 heavy (non-hydrogen) atoms. The number of amides is 3. The van der Waals surface area contributed by atoms with E-state index in [0.717, 1.165) is 68.9 Å². The third-order valence-corrected chi connectivity index (χ3v) is 8.49. The van der Waals surface area contributed by atoms with Crippen molar-refractivity contribution in [3.63, 3.8) is 0 Å². The maximum absolute atomic E-state index is 13.0. The molecular formula is C31H36N4O5. The Balaban J connectivity index is 1.09. The molecule has 0 aromatic heterocycles. The molecule has 9 nitrogen and oxygen atoms in total. The van der Waals surface area contributed by atoms with Gasteiger partial charge in [0.25, 0.3) is 5.91 Å². The Labute approximate surface area is 234 Å². The lowest BCUT2D eigenvalue weighted by Gasteiger charge is -2.38. The number of carbonyl (C=O) groups excluding carboxylic acids is 3. The van der Waals surface area contributed by atoms with E-state index in [-0.39, 0.29) is 24.3 Å². The van der Waals surface area contributed by atoms with E-state index in [2.05, 4.69) is 46.0 Å². The molecule has 9 heteroatoms. The molecule has 0 aliphatic carbocycles. The molecule has 4 aliphatic rings. The maximum Gasteiger partial charge on any atom is 0.255 e. The number of hydrogen-bond acceptors (Lipinski definition) is 7. The van der Waals surface area contributed by atoms with Gasteiger partial charge in [-0.05, 0) is 67.1 Å². The molecule has 0 bridgehead atoms. The number of anilines is 1. The van der Waals surface area contributed by atoms with Crippen LogP contribution >= 0.6 is 0 Å². The summed E-state index contributed by atoms with van der Waals surface area (Å²) in [5.74, 6) is -0.152. The highest BCUT2D eigenvalue weighted by atomic mass is 16.5. The van der Waals surface area contributed by atoms with Gasteiger partial charge in [-0.1, -0.05) is 18.7 Å². The van der Waals surface area contributed by atoms with Crippen LogP contribution in [0, 0.1) is 0 Å². The van der Waals surface area contributed by atoms with Crippen molar-refractivity contribution in [3.05, 3.63) is 65.7 Å². The number of piperidine rings is 2. The number of ether oxygens (including phenoxy) is 2. The molecule has 0 spiro atoms. The number of fused-ring (bicyclic) bond motifs is 1. The van der Waals surface area contributed by atoms with Crippen LogP contribution in [0.4, 0.5) is 5.69 Å². The number of imide groups is 1. The summed E-state index contributed by atoms with van der Waals surface area (Å²) in [5, 5.41) is 2.35. The Hall–Kier alpha value is -3.85. The predicted molar refractivity (Wildman–Crippen MR) is 151 cm³/mol. The first-order valence-corrected chi connectivity index (χ1v) is 14.3. The SMILES string of the molecule is C=C(c1ccc(N2CCOCC2)cc1)N1CCCC[C@@H]1COc1ccc2c(c1)CN(C1CCC(=O)NC1=O)C2=O. The van der Waals surface area contributed by atoms with Crippen LogP contribution in [0.25, 0.3) is 5.70 Å². The lowest BCUT2D eigenvalue weighted by molar-refractivity contribution is -0.136. The average Bonchev–Trinajstić information content (AvgIpc) is 3.31. The second-order valence-electron chi connectivity index (χ2n) is 11.0. The van der Waals surface area contributed by atoms with E-state index in [1.54, 1.807) is 11.0 Å². The molecule has 210 valence electrons. The number of nitrogens with zero attached hydrogens (tertiary/aromatic N) is 3. The van der Waals surface area contributed by atoms with E-state index in [1.807, 2.05) is 12.1 Å². The zero-order chi connectivity index (χ0) is 27.6. The van der Waals surface area contributed by atoms with Crippen molar-refractivity contribution in [1.82, 2.24) is 15.1 Å². The van der Waals surface area contributed by atoms with Gasteiger partial charge in [-0.15, -0.1) is 0 Å². The zero-order valence-corrected chi connectivity index (χ0v) is 22.8. The second-order valence-corrected chi connectivity index (χ2v) is 11.0. The first-order valence-electron chi connectivity index (χ1n) is 14.3. The van der Waals surface area contributed by atoms with Gasteiger partial charge in [0.05, 0.1) is 19.3 Å². The molecule has 1 N–H and O–H groups in total. The van der Waals surface area contributed by atoms with E-state index in [4.69, 9.17) is 9.47 Å². The topological polar surface area (TPSA) is 91.4 Å². The summed E-state index contributed by atoms with van der Waals surface area (Å²) in [7, 11) is 0. The second kappa shape index (κ2) is 11.3. The predicted octanol–water partition coefficient (Wildman–Crippen LogP) is 3.19. The summed E-state index contributed by atoms with van der Waals surface area (Å²) in [5.41, 5.74) is 4.78. The molecule has 4 aliphatic heterocycles. The minimum absolute atomic E-state index is 0.176. The standard InChI is InChI=1S/C31H36N4O5/c1-21(22-5-7-24(8-6-22)33-14-16-39-17-15-33)34-13-3-2-4-25(34)20-40-26-9-10-27-23(18-26)19-35(31(27)38)28-11-12-29(36)32-30(28)37/h5-10,18,25,28H,1-4,11-17,19-20H2,(H,32,36,37)/t25-,28?/m1/s1. The summed E-state index contributed by atoms with van der Waals surface area (Å²) >= 11 is 0. The molecular weight excluding hydrogens is 508 g/mol. The van der Waals surface area contributed by atoms with E-state index in [1.165, 1.54) is 5.69 Å². The molecule has 3 amide bonds. The number of benzene rings is 2. The molecule has 0 saturated carbocycles. The zero-order valence-electron chi connectivity index (χ0n) is 22.8. The molecule has 6 rings (SSSR count). The van der Waals surface area contributed by atoms with Gasteiger partial charge in [-0.2, -0.15) is 0 Å². The summed E-state index contributed by atoms with van der Waals surface area (Å²) < 4.78 is 11.8. The smallest absolute Gasteiger partial charge is 0.255 e. The number of morpholine rings is 1. The molecule has 2 aromatic rings. The van der Waals surface area contributed by atoms with Crippen molar-refractivity contribution in [1.29, 1.82) is 0 Å². The van der Waals surface area contributed by atoms with Crippen molar-refractivity contribution in [3.8, 4) is 5.75 Å². The molecule has 3 saturated heterocycles. The summed E-state index contributed by atoms with van der Waals surface area (Å²) in [6.07, 6.45) is 3.89. The van der Waals surface area contributed by atoms with E-state index in [0.29, 0.717) is 30.9 Å². The van der Waals surface area contributed by atoms with Gasteiger partial charge in [0, 0.05) is 49.5 Å². The first kappa shape index (κ1) is 26.4. The van der Waals surface area contributed by atoms with Gasteiger partial charge in [0.1, 0.15) is 18.4 Å². The van der Waals surface area contributed by atoms with Crippen molar-refractivity contribution in [2.75, 3.05) is 44.4 Å². The van der Waals surface area contributed by atoms with Gasteiger partial charge in [-0.3, -0.25) is 19.7 Å². The van der Waals surface area contributed by atoms with Crippen LogP contribution in [0.3, 0.4) is 0 Å². The van der Waals surface area contributed by atoms with E-state index in [9.17, 15) is 14.4 Å². The fraction of sp³-hybridized carbons (Fsp3) is 0.452. The lowest BCUT2D eigenvalue weighted by atomic mass is 10.00.